The van der Waals surface area contributed by atoms with Crippen LogP contribution in [0.1, 0.15) is 97.7 Å². The zero-order chi connectivity index (χ0) is 28.2. The summed E-state index contributed by atoms with van der Waals surface area (Å²) in [5.74, 6) is -0.813. The Morgan fingerprint density at radius 3 is 2.08 bits per heavy atom. The number of carboxylic acids is 1. The Labute approximate surface area is 234 Å². The van der Waals surface area contributed by atoms with Gasteiger partial charge < -0.3 is 10.2 Å². The second-order valence-electron chi connectivity index (χ2n) is 11.6. The molecule has 39 heavy (non-hydrogen) atoms. The molecule has 0 amide bonds. The zero-order valence-corrected chi connectivity index (χ0v) is 24.3. The second kappa shape index (κ2) is 11.9. The molecule has 0 bridgehead atoms. The number of aliphatic hydroxyl groups is 1. The third kappa shape index (κ3) is 6.20. The summed E-state index contributed by atoms with van der Waals surface area (Å²) in [6.07, 6.45) is 11.2. The van der Waals surface area contributed by atoms with E-state index < -0.39 is 11.6 Å². The van der Waals surface area contributed by atoms with Crippen molar-refractivity contribution in [1.29, 1.82) is 0 Å². The Kier molecular flexibility index (Phi) is 8.81. The number of rotatable bonds is 9. The number of aryl methyl sites for hydroxylation is 3. The van der Waals surface area contributed by atoms with Gasteiger partial charge in [0.25, 0.3) is 0 Å². The summed E-state index contributed by atoms with van der Waals surface area (Å²) in [5.41, 5.74) is 9.44. The topological polar surface area (TPSA) is 57.5 Å². The monoisotopic (exact) mass is 524 g/mol. The molecule has 2 N–H and O–H groups in total. The van der Waals surface area contributed by atoms with E-state index in [-0.39, 0.29) is 11.8 Å². The smallest absolute Gasteiger partial charge is 0.307 e. The maximum absolute atomic E-state index is 11.5. The van der Waals surface area contributed by atoms with Gasteiger partial charge in [-0.25, -0.2) is 0 Å². The molecule has 1 aliphatic rings. The van der Waals surface area contributed by atoms with Gasteiger partial charge in [0.2, 0.25) is 0 Å². The van der Waals surface area contributed by atoms with Crippen LogP contribution in [0.5, 0.6) is 0 Å². The van der Waals surface area contributed by atoms with Crippen molar-refractivity contribution in [2.24, 2.45) is 0 Å². The molecule has 1 fully saturated rings. The van der Waals surface area contributed by atoms with Crippen LogP contribution in [0.4, 0.5) is 0 Å². The number of carbonyl (C=O) groups is 1. The number of benzene rings is 3. The number of hydrogen-bond acceptors (Lipinski definition) is 2. The lowest BCUT2D eigenvalue weighted by molar-refractivity contribution is -0.136. The fourth-order valence-electron chi connectivity index (χ4n) is 6.49. The molecular weight excluding hydrogens is 480 g/mol. The van der Waals surface area contributed by atoms with Crippen molar-refractivity contribution in [3.05, 3.63) is 99.6 Å². The van der Waals surface area contributed by atoms with Crippen LogP contribution in [0.15, 0.2) is 60.7 Å². The molecule has 0 heterocycles. The number of aliphatic carboxylic acids is 1. The van der Waals surface area contributed by atoms with Crippen LogP contribution >= 0.6 is 0 Å². The molecule has 1 saturated carbocycles. The maximum atomic E-state index is 11.5. The normalized spacial score (nSPS) is 15.5. The van der Waals surface area contributed by atoms with Gasteiger partial charge in [-0.15, -0.1) is 0 Å². The molecule has 0 aliphatic heterocycles. The lowest BCUT2D eigenvalue weighted by Crippen LogP contribution is -2.28. The Morgan fingerprint density at radius 1 is 0.846 bits per heavy atom. The van der Waals surface area contributed by atoms with E-state index in [0.29, 0.717) is 0 Å². The first-order valence-electron chi connectivity index (χ1n) is 14.6. The minimum absolute atomic E-state index is 0.0160. The number of hydrogen-bond donors (Lipinski definition) is 2. The van der Waals surface area contributed by atoms with Crippen molar-refractivity contribution in [2.75, 3.05) is 0 Å². The van der Waals surface area contributed by atoms with E-state index in [1.807, 2.05) is 25.1 Å². The summed E-state index contributed by atoms with van der Waals surface area (Å²) >= 11 is 0. The summed E-state index contributed by atoms with van der Waals surface area (Å²) in [7, 11) is 0. The Hall–Kier alpha value is -3.17. The fraction of sp³-hybridized carbons (Fsp3) is 0.417. The van der Waals surface area contributed by atoms with E-state index in [1.54, 1.807) is 0 Å². The summed E-state index contributed by atoms with van der Waals surface area (Å²) in [4.78, 5) is 11.5. The van der Waals surface area contributed by atoms with E-state index in [2.05, 4.69) is 76.2 Å². The van der Waals surface area contributed by atoms with Crippen LogP contribution < -0.4 is 0 Å². The zero-order valence-electron chi connectivity index (χ0n) is 24.3. The first kappa shape index (κ1) is 28.8. The predicted octanol–water partition coefficient (Wildman–Crippen LogP) is 8.72. The maximum Gasteiger partial charge on any atom is 0.307 e. The molecule has 0 unspecified atom stereocenters. The van der Waals surface area contributed by atoms with Crippen LogP contribution in [0, 0.1) is 20.8 Å². The van der Waals surface area contributed by atoms with Crippen LogP contribution in [-0.2, 0) is 16.6 Å². The molecular formula is C36H44O3. The molecule has 0 saturated heterocycles. The molecule has 4 rings (SSSR count). The van der Waals surface area contributed by atoms with E-state index in [9.17, 15) is 15.0 Å². The lowest BCUT2D eigenvalue weighted by atomic mass is 9.69. The van der Waals surface area contributed by atoms with Crippen molar-refractivity contribution in [3.63, 3.8) is 0 Å². The van der Waals surface area contributed by atoms with E-state index in [0.717, 1.165) is 71.9 Å². The van der Waals surface area contributed by atoms with Crippen molar-refractivity contribution in [1.82, 2.24) is 0 Å². The average Bonchev–Trinajstić information content (AvgIpc) is 2.91. The summed E-state index contributed by atoms with van der Waals surface area (Å²) < 4.78 is 0. The van der Waals surface area contributed by atoms with Crippen molar-refractivity contribution in [3.8, 4) is 11.1 Å². The highest BCUT2D eigenvalue weighted by Gasteiger charge is 2.32. The SMILES string of the molecule is CCC(CC)(c1ccc(/C=C/C2(O)CCCCC2)c(C)c1)c1ccc(-c2cc(C)ccc2CC(=O)O)c(C)c1. The third-order valence-electron chi connectivity index (χ3n) is 9.00. The molecule has 3 nitrogen and oxygen atoms in total. The first-order chi connectivity index (χ1) is 18.6. The van der Waals surface area contributed by atoms with Gasteiger partial charge in [-0.05, 0) is 91.0 Å². The van der Waals surface area contributed by atoms with Crippen molar-refractivity contribution >= 4 is 12.0 Å². The van der Waals surface area contributed by atoms with Gasteiger partial charge in [0, 0.05) is 5.41 Å². The second-order valence-corrected chi connectivity index (χ2v) is 11.6. The predicted molar refractivity (Wildman–Crippen MR) is 162 cm³/mol. The molecule has 0 aromatic heterocycles. The quantitative estimate of drug-likeness (QED) is 0.294. The van der Waals surface area contributed by atoms with Crippen LogP contribution in [0.25, 0.3) is 17.2 Å². The highest BCUT2D eigenvalue weighted by Crippen LogP contribution is 2.42. The van der Waals surface area contributed by atoms with Crippen molar-refractivity contribution < 1.29 is 15.0 Å². The third-order valence-corrected chi connectivity index (χ3v) is 9.00. The van der Waals surface area contributed by atoms with Gasteiger partial charge in [-0.1, -0.05) is 105 Å². The molecule has 3 aromatic carbocycles. The van der Waals surface area contributed by atoms with Crippen molar-refractivity contribution in [2.45, 2.75) is 97.0 Å². The highest BCUT2D eigenvalue weighted by atomic mass is 16.4. The van der Waals surface area contributed by atoms with Gasteiger partial charge in [0.05, 0.1) is 12.0 Å². The summed E-state index contributed by atoms with van der Waals surface area (Å²) in [6.45, 7) is 10.9. The van der Waals surface area contributed by atoms with E-state index in [1.165, 1.54) is 23.1 Å². The summed E-state index contributed by atoms with van der Waals surface area (Å²) in [6, 6.07) is 19.6. The van der Waals surface area contributed by atoms with Gasteiger partial charge >= 0.3 is 5.97 Å². The average molecular weight is 525 g/mol. The first-order valence-corrected chi connectivity index (χ1v) is 14.6. The highest BCUT2D eigenvalue weighted by molar-refractivity contribution is 5.78. The van der Waals surface area contributed by atoms with Gasteiger partial charge in [0.1, 0.15) is 0 Å². The minimum Gasteiger partial charge on any atom is -0.481 e. The molecule has 3 heteroatoms. The molecule has 1 aliphatic carbocycles. The van der Waals surface area contributed by atoms with Crippen LogP contribution in [0.3, 0.4) is 0 Å². The molecule has 3 aromatic rings. The Morgan fingerprint density at radius 2 is 1.49 bits per heavy atom. The minimum atomic E-state index is -0.813. The largest absolute Gasteiger partial charge is 0.481 e. The van der Waals surface area contributed by atoms with Crippen LogP contribution in [-0.4, -0.2) is 21.8 Å². The van der Waals surface area contributed by atoms with E-state index in [4.69, 9.17) is 0 Å². The Balaban J connectivity index is 1.70. The standard InChI is InChI=1S/C36H44O3/c1-6-36(7-2,30-14-13-28(26(4)22-30)17-20-35(39)18-9-8-10-19-35)31-15-16-32(27(5)23-31)33-21-25(3)11-12-29(33)24-34(37)38/h11-17,20-23,39H,6-10,18-19,24H2,1-5H3,(H,37,38)/b20-17+. The van der Waals surface area contributed by atoms with Gasteiger partial charge in [-0.3, -0.25) is 4.79 Å². The molecule has 0 spiro atoms. The molecule has 0 atom stereocenters. The van der Waals surface area contributed by atoms with E-state index >= 15 is 0 Å². The Bertz CT molecular complexity index is 1350. The summed E-state index contributed by atoms with van der Waals surface area (Å²) in [5, 5.41) is 20.4. The molecule has 0 radical (unpaired) electrons. The fourth-order valence-corrected chi connectivity index (χ4v) is 6.49. The lowest BCUT2D eigenvalue weighted by Gasteiger charge is -2.34. The van der Waals surface area contributed by atoms with Gasteiger partial charge in [-0.2, -0.15) is 0 Å². The number of carboxylic acid groups (broad SMARTS) is 1. The van der Waals surface area contributed by atoms with Crippen LogP contribution in [0.2, 0.25) is 0 Å². The molecule has 206 valence electrons. The van der Waals surface area contributed by atoms with Gasteiger partial charge in [0.15, 0.2) is 0 Å².